The van der Waals surface area contributed by atoms with Gasteiger partial charge in [0.1, 0.15) is 28.5 Å². The van der Waals surface area contributed by atoms with Crippen LogP contribution in [0.15, 0.2) is 52.4 Å². The summed E-state index contributed by atoms with van der Waals surface area (Å²) in [4.78, 5) is 33.0. The van der Waals surface area contributed by atoms with Crippen LogP contribution < -0.4 is 10.3 Å². The van der Waals surface area contributed by atoms with Crippen molar-refractivity contribution in [3.63, 3.8) is 0 Å². The highest BCUT2D eigenvalue weighted by atomic mass is 35.5. The van der Waals surface area contributed by atoms with Crippen LogP contribution in [0.4, 0.5) is 0 Å². The van der Waals surface area contributed by atoms with Gasteiger partial charge in [-0.05, 0) is 25.1 Å². The Morgan fingerprint density at radius 2 is 2.06 bits per heavy atom. The van der Waals surface area contributed by atoms with Crippen molar-refractivity contribution in [2.75, 3.05) is 19.8 Å². The van der Waals surface area contributed by atoms with Crippen molar-refractivity contribution in [1.82, 2.24) is 24.6 Å². The number of rotatable bonds is 7. The summed E-state index contributed by atoms with van der Waals surface area (Å²) in [5.74, 6) is -0.231. The van der Waals surface area contributed by atoms with Crippen LogP contribution in [0.2, 0.25) is 5.02 Å². The van der Waals surface area contributed by atoms with E-state index in [0.717, 1.165) is 22.3 Å². The maximum atomic E-state index is 12.9. The molecule has 0 fully saturated rings. The van der Waals surface area contributed by atoms with Crippen LogP contribution in [-0.2, 0) is 29.2 Å². The first-order valence-corrected chi connectivity index (χ1v) is 12.4. The van der Waals surface area contributed by atoms with Gasteiger partial charge < -0.3 is 14.6 Å². The van der Waals surface area contributed by atoms with E-state index in [1.807, 2.05) is 38.2 Å². The minimum Gasteiger partial charge on any atom is -0.487 e. The van der Waals surface area contributed by atoms with E-state index in [9.17, 15) is 13.8 Å². The number of H-pyrrole nitrogens is 1. The molecular formula is C24H24ClN5O4S. The molecule has 1 N–H and O–H groups in total. The number of aromatic nitrogens is 4. The van der Waals surface area contributed by atoms with E-state index < -0.39 is 16.4 Å². The first kappa shape index (κ1) is 24.6. The molecule has 0 radical (unpaired) electrons. The second-order valence-corrected chi connectivity index (χ2v) is 9.94. The van der Waals surface area contributed by atoms with Crippen LogP contribution in [-0.4, -0.2) is 54.6 Å². The highest BCUT2D eigenvalue weighted by Crippen LogP contribution is 2.33. The van der Waals surface area contributed by atoms with Crippen molar-refractivity contribution in [3.8, 4) is 17.0 Å². The summed E-state index contributed by atoms with van der Waals surface area (Å²) in [6.45, 7) is 1.77. The predicted octanol–water partition coefficient (Wildman–Crippen LogP) is 3.06. The Balaban J connectivity index is 1.73. The average Bonchev–Trinajstić information content (AvgIpc) is 3.24. The fourth-order valence-corrected chi connectivity index (χ4v) is 5.28. The first-order valence-electron chi connectivity index (χ1n) is 10.7. The Morgan fingerprint density at radius 3 is 2.74 bits per heavy atom. The molecule has 0 bridgehead atoms. The lowest BCUT2D eigenvalue weighted by Gasteiger charge is -2.15. The number of halogens is 1. The summed E-state index contributed by atoms with van der Waals surface area (Å²) in [5, 5.41) is 5.32. The minimum atomic E-state index is -1.91. The van der Waals surface area contributed by atoms with E-state index in [1.54, 1.807) is 31.0 Å². The molecule has 0 saturated heterocycles. The summed E-state index contributed by atoms with van der Waals surface area (Å²) >= 11 is 6.36. The van der Waals surface area contributed by atoms with E-state index >= 15 is 0 Å². The highest BCUT2D eigenvalue weighted by Gasteiger charge is 2.22. The van der Waals surface area contributed by atoms with Crippen LogP contribution in [0.3, 0.4) is 0 Å². The van der Waals surface area contributed by atoms with Crippen LogP contribution in [0, 0.1) is 6.92 Å². The van der Waals surface area contributed by atoms with Crippen molar-refractivity contribution >= 4 is 39.2 Å². The Morgan fingerprint density at radius 1 is 1.29 bits per heavy atom. The molecule has 11 heteroatoms. The number of carbonyl (C=O) groups is 1. The van der Waals surface area contributed by atoms with Crippen LogP contribution in [0.25, 0.3) is 22.2 Å². The highest BCUT2D eigenvalue weighted by molar-refractivity contribution is 7.85. The SMILES string of the molecule is Cc1cc(-c2ccnn2C)c2cccc(OCc3c(Cl)c[nH]c(=O)c3S(=O)CC(=O)N(C)C)c2n1. The molecule has 1 unspecified atom stereocenters. The van der Waals surface area contributed by atoms with Gasteiger partial charge in [-0.2, -0.15) is 5.10 Å². The van der Waals surface area contributed by atoms with E-state index in [2.05, 4.69) is 15.1 Å². The number of fused-ring (bicyclic) bond motifs is 1. The summed E-state index contributed by atoms with van der Waals surface area (Å²) in [7, 11) is 3.08. The third kappa shape index (κ3) is 4.98. The molecule has 4 rings (SSSR count). The van der Waals surface area contributed by atoms with Gasteiger partial charge in [0.2, 0.25) is 5.91 Å². The first-order chi connectivity index (χ1) is 16.7. The Labute approximate surface area is 209 Å². The number of amides is 1. The number of nitrogens with one attached hydrogen (secondary N) is 1. The zero-order valence-corrected chi connectivity index (χ0v) is 21.2. The molecule has 0 aliphatic heterocycles. The lowest BCUT2D eigenvalue weighted by Crippen LogP contribution is -2.29. The molecule has 0 aliphatic carbocycles. The number of hydrogen-bond donors (Lipinski definition) is 1. The van der Waals surface area contributed by atoms with Gasteiger partial charge in [0.05, 0.1) is 21.5 Å². The number of aromatic amines is 1. The molecule has 35 heavy (non-hydrogen) atoms. The number of nitrogens with zero attached hydrogens (tertiary/aromatic N) is 4. The van der Waals surface area contributed by atoms with E-state index in [4.69, 9.17) is 16.3 Å². The van der Waals surface area contributed by atoms with E-state index in [-0.39, 0.29) is 33.7 Å². The van der Waals surface area contributed by atoms with Gasteiger partial charge in [0.15, 0.2) is 0 Å². The number of para-hydroxylation sites is 1. The van der Waals surface area contributed by atoms with E-state index in [1.165, 1.54) is 11.1 Å². The molecule has 3 aromatic heterocycles. The molecule has 0 saturated carbocycles. The fourth-order valence-electron chi connectivity index (χ4n) is 3.68. The van der Waals surface area contributed by atoms with Crippen molar-refractivity contribution in [1.29, 1.82) is 0 Å². The quantitative estimate of drug-likeness (QED) is 0.406. The summed E-state index contributed by atoms with van der Waals surface area (Å²) in [6.07, 6.45) is 3.05. The lowest BCUT2D eigenvalue weighted by atomic mass is 10.0. The van der Waals surface area contributed by atoms with Crippen LogP contribution >= 0.6 is 11.6 Å². The number of ether oxygens (including phenoxy) is 1. The summed E-state index contributed by atoms with van der Waals surface area (Å²) < 4.78 is 20.8. The molecule has 9 nitrogen and oxygen atoms in total. The van der Waals surface area contributed by atoms with Gasteiger partial charge in [-0.1, -0.05) is 23.7 Å². The normalized spacial score (nSPS) is 12.0. The topological polar surface area (TPSA) is 110 Å². The van der Waals surface area contributed by atoms with Crippen molar-refractivity contribution in [2.45, 2.75) is 18.4 Å². The molecule has 182 valence electrons. The largest absolute Gasteiger partial charge is 0.487 e. The number of benzene rings is 1. The number of pyridine rings is 2. The molecule has 1 aromatic carbocycles. The molecule has 1 amide bonds. The van der Waals surface area contributed by atoms with Crippen molar-refractivity contribution in [3.05, 3.63) is 69.4 Å². The Kier molecular flexibility index (Phi) is 7.04. The Bertz CT molecular complexity index is 1510. The second-order valence-electron chi connectivity index (χ2n) is 8.14. The molecule has 0 aliphatic rings. The maximum absolute atomic E-state index is 12.9. The number of carbonyl (C=O) groups excluding carboxylic acids is 1. The fraction of sp³-hybridized carbons (Fsp3) is 0.250. The second kappa shape index (κ2) is 10.0. The molecule has 4 aromatic rings. The summed E-state index contributed by atoms with van der Waals surface area (Å²) in [5.41, 5.74) is 2.99. The third-order valence-electron chi connectivity index (χ3n) is 5.48. The van der Waals surface area contributed by atoms with Gasteiger partial charge in [-0.15, -0.1) is 0 Å². The third-order valence-corrected chi connectivity index (χ3v) is 7.21. The van der Waals surface area contributed by atoms with Gasteiger partial charge in [-0.3, -0.25) is 18.5 Å². The number of hydrogen-bond acceptors (Lipinski definition) is 6. The van der Waals surface area contributed by atoms with Gasteiger partial charge in [-0.25, -0.2) is 4.98 Å². The maximum Gasteiger partial charge on any atom is 0.264 e. The lowest BCUT2D eigenvalue weighted by molar-refractivity contribution is -0.125. The van der Waals surface area contributed by atoms with Crippen molar-refractivity contribution in [2.24, 2.45) is 7.05 Å². The van der Waals surface area contributed by atoms with Crippen LogP contribution in [0.1, 0.15) is 11.3 Å². The monoisotopic (exact) mass is 513 g/mol. The predicted molar refractivity (Wildman–Crippen MR) is 135 cm³/mol. The molecular weight excluding hydrogens is 490 g/mol. The molecule has 0 spiro atoms. The summed E-state index contributed by atoms with van der Waals surface area (Å²) in [6, 6.07) is 9.48. The standard InChI is InChI=1S/C24H24ClN5O4S/c1-14-10-16(19-8-9-27-30(19)4)15-6-5-7-20(22(15)28-14)34-12-17-18(25)11-26-24(32)23(17)35(33)13-21(31)29(2)3/h5-11H,12-13H2,1-4H3,(H,26,32). The van der Waals surface area contributed by atoms with Gasteiger partial charge in [0, 0.05) is 55.7 Å². The van der Waals surface area contributed by atoms with Crippen LogP contribution in [0.5, 0.6) is 5.75 Å². The van der Waals surface area contributed by atoms with Crippen molar-refractivity contribution < 1.29 is 13.7 Å². The van der Waals surface area contributed by atoms with Gasteiger partial charge in [0.25, 0.3) is 5.56 Å². The molecule has 1 atom stereocenters. The zero-order chi connectivity index (χ0) is 25.3. The van der Waals surface area contributed by atoms with Gasteiger partial charge >= 0.3 is 0 Å². The van der Waals surface area contributed by atoms with E-state index in [0.29, 0.717) is 11.3 Å². The average molecular weight is 514 g/mol. The number of aryl methyl sites for hydroxylation is 2. The Hall–Kier alpha value is -3.50. The zero-order valence-electron chi connectivity index (χ0n) is 19.7. The smallest absolute Gasteiger partial charge is 0.264 e. The molecule has 3 heterocycles. The minimum absolute atomic E-state index is 0.0762.